The van der Waals surface area contributed by atoms with Crippen LogP contribution in [-0.2, 0) is 0 Å². The summed E-state index contributed by atoms with van der Waals surface area (Å²) in [6, 6.07) is 15.5. The van der Waals surface area contributed by atoms with Gasteiger partial charge in [-0.1, -0.05) is 24.3 Å². The molecule has 0 bridgehead atoms. The maximum Gasteiger partial charge on any atom is 0.256 e. The molecule has 1 saturated heterocycles. The minimum Gasteiger partial charge on any atom is -0.493 e. The Bertz CT molecular complexity index is 981. The van der Waals surface area contributed by atoms with E-state index in [0.717, 1.165) is 35.9 Å². The van der Waals surface area contributed by atoms with Crippen molar-refractivity contribution in [3.05, 3.63) is 65.9 Å². The molecular formula is C22H22N2O3. The lowest BCUT2D eigenvalue weighted by Gasteiger charge is -2.26. The monoisotopic (exact) mass is 362 g/mol. The third-order valence-corrected chi connectivity index (χ3v) is 5.17. The number of likely N-dealkylation sites (tertiary alicyclic amines) is 1. The van der Waals surface area contributed by atoms with Crippen molar-refractivity contribution in [2.24, 2.45) is 0 Å². The Hall–Kier alpha value is -3.08. The predicted octanol–water partition coefficient (Wildman–Crippen LogP) is 4.23. The van der Waals surface area contributed by atoms with Crippen molar-refractivity contribution in [2.75, 3.05) is 20.8 Å². The zero-order valence-electron chi connectivity index (χ0n) is 15.5. The van der Waals surface area contributed by atoms with E-state index in [1.54, 1.807) is 20.4 Å². The first kappa shape index (κ1) is 17.3. The van der Waals surface area contributed by atoms with Gasteiger partial charge in [-0.25, -0.2) is 0 Å². The second-order valence-corrected chi connectivity index (χ2v) is 6.65. The molecule has 1 unspecified atom stereocenters. The molecule has 27 heavy (non-hydrogen) atoms. The van der Waals surface area contributed by atoms with Crippen molar-refractivity contribution < 1.29 is 14.3 Å². The van der Waals surface area contributed by atoms with Crippen LogP contribution in [0.2, 0.25) is 0 Å². The number of para-hydroxylation sites is 1. The Morgan fingerprint density at radius 3 is 2.70 bits per heavy atom. The highest BCUT2D eigenvalue weighted by Gasteiger charge is 2.32. The van der Waals surface area contributed by atoms with Crippen LogP contribution in [0.4, 0.5) is 0 Å². The maximum absolute atomic E-state index is 13.4. The second-order valence-electron chi connectivity index (χ2n) is 6.65. The van der Waals surface area contributed by atoms with Gasteiger partial charge in [-0.15, -0.1) is 0 Å². The number of methoxy groups -OCH3 is 2. The molecule has 0 N–H and O–H groups in total. The number of ether oxygens (including phenoxy) is 2. The smallest absolute Gasteiger partial charge is 0.256 e. The van der Waals surface area contributed by atoms with Gasteiger partial charge in [-0.2, -0.15) is 0 Å². The number of rotatable bonds is 4. The van der Waals surface area contributed by atoms with Crippen LogP contribution < -0.4 is 9.47 Å². The number of carbonyl (C=O) groups excluding carboxylic acids is 1. The van der Waals surface area contributed by atoms with Gasteiger partial charge in [0.1, 0.15) is 0 Å². The molecule has 2 aromatic carbocycles. The fourth-order valence-electron chi connectivity index (χ4n) is 3.85. The van der Waals surface area contributed by atoms with Gasteiger partial charge in [0.2, 0.25) is 0 Å². The third-order valence-electron chi connectivity index (χ3n) is 5.17. The molecule has 5 nitrogen and oxygen atoms in total. The molecule has 0 radical (unpaired) electrons. The Morgan fingerprint density at radius 1 is 1.07 bits per heavy atom. The number of hydrogen-bond acceptors (Lipinski definition) is 4. The van der Waals surface area contributed by atoms with E-state index < -0.39 is 0 Å². The van der Waals surface area contributed by atoms with Crippen LogP contribution in [0.5, 0.6) is 11.5 Å². The number of fused-ring (bicyclic) bond motifs is 1. The van der Waals surface area contributed by atoms with Crippen molar-refractivity contribution in [3.63, 3.8) is 0 Å². The Morgan fingerprint density at radius 2 is 1.89 bits per heavy atom. The zero-order valence-corrected chi connectivity index (χ0v) is 15.5. The average Bonchev–Trinajstić information content (AvgIpc) is 3.22. The summed E-state index contributed by atoms with van der Waals surface area (Å²) in [5.41, 5.74) is 2.47. The summed E-state index contributed by atoms with van der Waals surface area (Å²) >= 11 is 0. The second kappa shape index (κ2) is 7.27. The zero-order chi connectivity index (χ0) is 18.8. The maximum atomic E-state index is 13.4. The molecule has 1 aliphatic heterocycles. The Labute approximate surface area is 158 Å². The van der Waals surface area contributed by atoms with Crippen LogP contribution in [0, 0.1) is 0 Å². The van der Waals surface area contributed by atoms with E-state index >= 15 is 0 Å². The largest absolute Gasteiger partial charge is 0.493 e. The minimum absolute atomic E-state index is 0.0243. The minimum atomic E-state index is 0.0243. The van der Waals surface area contributed by atoms with Crippen molar-refractivity contribution >= 4 is 16.8 Å². The Balaban J connectivity index is 1.70. The van der Waals surface area contributed by atoms with Gasteiger partial charge in [0.15, 0.2) is 11.5 Å². The summed E-state index contributed by atoms with van der Waals surface area (Å²) in [5, 5.41) is 0.977. The third kappa shape index (κ3) is 3.10. The quantitative estimate of drug-likeness (QED) is 0.697. The number of benzene rings is 2. The molecule has 1 atom stereocenters. The van der Waals surface area contributed by atoms with E-state index in [9.17, 15) is 4.79 Å². The normalized spacial score (nSPS) is 16.5. The average molecular weight is 362 g/mol. The summed E-state index contributed by atoms with van der Waals surface area (Å²) in [6.45, 7) is 0.737. The number of hydrogen-bond donors (Lipinski definition) is 0. The molecule has 1 aliphatic rings. The number of amides is 1. The fourth-order valence-corrected chi connectivity index (χ4v) is 3.85. The van der Waals surface area contributed by atoms with Crippen molar-refractivity contribution in [3.8, 4) is 11.5 Å². The lowest BCUT2D eigenvalue weighted by molar-refractivity contribution is 0.0737. The standard InChI is InChI=1S/C22H22N2O3/c1-26-19-11-10-16(14-20(19)27-2)18-9-5-13-24(18)22(25)17-8-3-6-15-7-4-12-23-21(15)17/h3-4,6-8,10-12,14,18H,5,9,13H2,1-2H3. The molecule has 5 heteroatoms. The first-order chi connectivity index (χ1) is 13.2. The lowest BCUT2D eigenvalue weighted by Crippen LogP contribution is -2.30. The highest BCUT2D eigenvalue weighted by molar-refractivity contribution is 6.05. The van der Waals surface area contributed by atoms with Crippen LogP contribution in [0.25, 0.3) is 10.9 Å². The van der Waals surface area contributed by atoms with Gasteiger partial charge < -0.3 is 14.4 Å². The Kier molecular flexibility index (Phi) is 4.67. The number of nitrogens with zero attached hydrogens (tertiary/aromatic N) is 2. The highest BCUT2D eigenvalue weighted by Crippen LogP contribution is 2.38. The summed E-state index contributed by atoms with van der Waals surface area (Å²) in [4.78, 5) is 19.7. The van der Waals surface area contributed by atoms with Gasteiger partial charge in [-0.05, 0) is 42.7 Å². The molecule has 1 aromatic heterocycles. The van der Waals surface area contributed by atoms with Crippen molar-refractivity contribution in [1.29, 1.82) is 0 Å². The van der Waals surface area contributed by atoms with Crippen LogP contribution in [-0.4, -0.2) is 36.6 Å². The highest BCUT2D eigenvalue weighted by atomic mass is 16.5. The van der Waals surface area contributed by atoms with E-state index in [1.165, 1.54) is 0 Å². The van der Waals surface area contributed by atoms with Gasteiger partial charge in [0.25, 0.3) is 5.91 Å². The van der Waals surface area contributed by atoms with Crippen molar-refractivity contribution in [1.82, 2.24) is 9.88 Å². The van der Waals surface area contributed by atoms with Gasteiger partial charge in [-0.3, -0.25) is 9.78 Å². The first-order valence-corrected chi connectivity index (χ1v) is 9.09. The number of aromatic nitrogens is 1. The molecule has 0 saturated carbocycles. The van der Waals surface area contributed by atoms with Gasteiger partial charge in [0, 0.05) is 18.1 Å². The van der Waals surface area contributed by atoms with Gasteiger partial charge in [0.05, 0.1) is 31.3 Å². The lowest BCUT2D eigenvalue weighted by atomic mass is 10.0. The van der Waals surface area contributed by atoms with E-state index in [4.69, 9.17) is 9.47 Å². The van der Waals surface area contributed by atoms with Crippen LogP contribution >= 0.6 is 0 Å². The molecule has 0 spiro atoms. The van der Waals surface area contributed by atoms with E-state index in [-0.39, 0.29) is 11.9 Å². The SMILES string of the molecule is COc1ccc(C2CCCN2C(=O)c2cccc3cccnc23)cc1OC. The van der Waals surface area contributed by atoms with E-state index in [2.05, 4.69) is 4.98 Å². The molecule has 4 rings (SSSR count). The molecule has 0 aliphatic carbocycles. The fraction of sp³-hybridized carbons (Fsp3) is 0.273. The van der Waals surface area contributed by atoms with Crippen LogP contribution in [0.3, 0.4) is 0 Å². The summed E-state index contributed by atoms with van der Waals surface area (Å²) in [7, 11) is 3.25. The van der Waals surface area contributed by atoms with Gasteiger partial charge >= 0.3 is 0 Å². The van der Waals surface area contributed by atoms with Crippen molar-refractivity contribution in [2.45, 2.75) is 18.9 Å². The summed E-state index contributed by atoms with van der Waals surface area (Å²) in [5.74, 6) is 1.40. The molecule has 1 amide bonds. The van der Waals surface area contributed by atoms with E-state index in [0.29, 0.717) is 17.1 Å². The topological polar surface area (TPSA) is 51.7 Å². The number of carbonyl (C=O) groups is 1. The predicted molar refractivity (Wildman–Crippen MR) is 104 cm³/mol. The molecular weight excluding hydrogens is 340 g/mol. The van der Waals surface area contributed by atoms with Crippen LogP contribution in [0.15, 0.2) is 54.7 Å². The molecule has 138 valence electrons. The van der Waals surface area contributed by atoms with Crippen LogP contribution in [0.1, 0.15) is 34.8 Å². The molecule has 1 fully saturated rings. The molecule has 2 heterocycles. The molecule has 3 aromatic rings. The number of pyridine rings is 1. The first-order valence-electron chi connectivity index (χ1n) is 9.09. The van der Waals surface area contributed by atoms with E-state index in [1.807, 2.05) is 53.4 Å². The summed E-state index contributed by atoms with van der Waals surface area (Å²) in [6.07, 6.45) is 3.64. The summed E-state index contributed by atoms with van der Waals surface area (Å²) < 4.78 is 10.8.